The molecular weight excluding hydrogens is 220 g/mol. The fraction of sp³-hybridized carbons (Fsp3) is 0.625. The van der Waals surface area contributed by atoms with E-state index in [0.29, 0.717) is 17.5 Å². The largest absolute Gasteiger partial charge is 0.383 e. The quantitative estimate of drug-likeness (QED) is 0.851. The third-order valence-electron chi connectivity index (χ3n) is 3.93. The maximum absolute atomic E-state index is 3.49. The van der Waals surface area contributed by atoms with Crippen LogP contribution in [0.5, 0.6) is 0 Å². The van der Waals surface area contributed by atoms with E-state index in [1.165, 1.54) is 5.69 Å². The zero-order valence-electron chi connectivity index (χ0n) is 12.7. The average Bonchev–Trinajstić information content (AvgIpc) is 2.34. The molecule has 2 unspecified atom stereocenters. The van der Waals surface area contributed by atoms with Gasteiger partial charge in [0.05, 0.1) is 0 Å². The van der Waals surface area contributed by atoms with E-state index in [9.17, 15) is 0 Å². The molecule has 0 spiro atoms. The van der Waals surface area contributed by atoms with Crippen LogP contribution in [0.1, 0.15) is 34.6 Å². The van der Waals surface area contributed by atoms with Crippen molar-refractivity contribution < 1.29 is 0 Å². The zero-order valence-corrected chi connectivity index (χ0v) is 12.7. The number of rotatable bonds is 5. The Balaban J connectivity index is 2.48. The number of hydrogen-bond acceptors (Lipinski definition) is 2. The van der Waals surface area contributed by atoms with Crippen LogP contribution in [0.4, 0.5) is 5.69 Å². The minimum atomic E-state index is 0.315. The second-order valence-corrected chi connectivity index (χ2v) is 6.30. The first-order valence-electron chi connectivity index (χ1n) is 6.83. The summed E-state index contributed by atoms with van der Waals surface area (Å²) in [5.74, 6) is 0. The van der Waals surface area contributed by atoms with E-state index in [2.05, 4.69) is 76.1 Å². The Bertz CT molecular complexity index is 340. The van der Waals surface area contributed by atoms with Crippen molar-refractivity contribution in [1.29, 1.82) is 0 Å². The second-order valence-electron chi connectivity index (χ2n) is 6.30. The summed E-state index contributed by atoms with van der Waals surface area (Å²) in [4.78, 5) is 2.45. The van der Waals surface area contributed by atoms with Gasteiger partial charge >= 0.3 is 0 Å². The molecule has 102 valence electrons. The lowest BCUT2D eigenvalue weighted by Gasteiger charge is -2.39. The van der Waals surface area contributed by atoms with Gasteiger partial charge in [-0.3, -0.25) is 4.90 Å². The lowest BCUT2D eigenvalue weighted by Crippen LogP contribution is -2.46. The van der Waals surface area contributed by atoms with E-state index in [4.69, 9.17) is 0 Å². The molecule has 2 heteroatoms. The standard InChI is InChI=1S/C16H28N2/c1-13(18(6)14(2)16(3,4)5)12-17-15-10-8-7-9-11-15/h7-11,13-14,17H,12H2,1-6H3. The summed E-state index contributed by atoms with van der Waals surface area (Å²) >= 11 is 0. The highest BCUT2D eigenvalue weighted by atomic mass is 15.2. The van der Waals surface area contributed by atoms with Crippen LogP contribution >= 0.6 is 0 Å². The molecule has 1 aromatic rings. The van der Waals surface area contributed by atoms with Gasteiger partial charge < -0.3 is 5.32 Å². The van der Waals surface area contributed by atoms with E-state index in [1.54, 1.807) is 0 Å². The van der Waals surface area contributed by atoms with Crippen molar-refractivity contribution >= 4 is 5.69 Å². The van der Waals surface area contributed by atoms with Gasteiger partial charge in [-0.1, -0.05) is 39.0 Å². The van der Waals surface area contributed by atoms with Gasteiger partial charge in [0.2, 0.25) is 0 Å². The van der Waals surface area contributed by atoms with Gasteiger partial charge in [-0.15, -0.1) is 0 Å². The molecule has 2 nitrogen and oxygen atoms in total. The molecular formula is C16H28N2. The minimum absolute atomic E-state index is 0.315. The minimum Gasteiger partial charge on any atom is -0.383 e. The maximum atomic E-state index is 3.49. The summed E-state index contributed by atoms with van der Waals surface area (Å²) in [5.41, 5.74) is 1.51. The number of likely N-dealkylation sites (N-methyl/N-ethyl adjacent to an activating group) is 1. The Kier molecular flexibility index (Phi) is 5.21. The van der Waals surface area contributed by atoms with Crippen LogP contribution < -0.4 is 5.32 Å². The van der Waals surface area contributed by atoms with E-state index in [-0.39, 0.29) is 0 Å². The van der Waals surface area contributed by atoms with Crippen LogP contribution in [0, 0.1) is 5.41 Å². The van der Waals surface area contributed by atoms with Gasteiger partial charge in [0, 0.05) is 24.3 Å². The lowest BCUT2D eigenvalue weighted by atomic mass is 9.86. The molecule has 0 amide bonds. The lowest BCUT2D eigenvalue weighted by molar-refractivity contribution is 0.109. The van der Waals surface area contributed by atoms with Crippen molar-refractivity contribution in [3.63, 3.8) is 0 Å². The highest BCUT2D eigenvalue weighted by molar-refractivity contribution is 5.42. The van der Waals surface area contributed by atoms with Gasteiger partial charge in [-0.2, -0.15) is 0 Å². The number of hydrogen-bond donors (Lipinski definition) is 1. The van der Waals surface area contributed by atoms with Crippen LogP contribution in [-0.4, -0.2) is 30.6 Å². The molecule has 0 aliphatic carbocycles. The monoisotopic (exact) mass is 248 g/mol. The summed E-state index contributed by atoms with van der Waals surface area (Å²) in [7, 11) is 2.22. The predicted octanol–water partition coefficient (Wildman–Crippen LogP) is 3.85. The fourth-order valence-electron chi connectivity index (χ4n) is 1.96. The third kappa shape index (κ3) is 4.34. The molecule has 18 heavy (non-hydrogen) atoms. The molecule has 0 saturated carbocycles. The maximum Gasteiger partial charge on any atom is 0.0340 e. The van der Waals surface area contributed by atoms with Gasteiger partial charge in [0.15, 0.2) is 0 Å². The molecule has 0 fully saturated rings. The summed E-state index contributed by atoms with van der Waals surface area (Å²) in [6, 6.07) is 11.5. The molecule has 1 rings (SSSR count). The van der Waals surface area contributed by atoms with E-state index >= 15 is 0 Å². The van der Waals surface area contributed by atoms with Crippen molar-refractivity contribution in [2.75, 3.05) is 18.9 Å². The molecule has 0 bridgehead atoms. The van der Waals surface area contributed by atoms with Crippen molar-refractivity contribution in [1.82, 2.24) is 4.90 Å². The van der Waals surface area contributed by atoms with Crippen LogP contribution in [0.25, 0.3) is 0 Å². The van der Waals surface area contributed by atoms with Crippen molar-refractivity contribution in [3.8, 4) is 0 Å². The smallest absolute Gasteiger partial charge is 0.0340 e. The highest BCUT2D eigenvalue weighted by Crippen LogP contribution is 2.24. The summed E-state index contributed by atoms with van der Waals surface area (Å²) < 4.78 is 0. The predicted molar refractivity (Wildman–Crippen MR) is 81.1 cm³/mol. The molecule has 0 aromatic heterocycles. The topological polar surface area (TPSA) is 15.3 Å². The van der Waals surface area contributed by atoms with Gasteiger partial charge in [0.1, 0.15) is 0 Å². The Hall–Kier alpha value is -1.02. The van der Waals surface area contributed by atoms with Gasteiger partial charge in [0.25, 0.3) is 0 Å². The van der Waals surface area contributed by atoms with Crippen LogP contribution in [0.15, 0.2) is 30.3 Å². The van der Waals surface area contributed by atoms with Crippen molar-refractivity contribution in [2.24, 2.45) is 5.41 Å². The van der Waals surface area contributed by atoms with Crippen LogP contribution in [0.2, 0.25) is 0 Å². The Labute approximate surface area is 112 Å². The Morgan fingerprint density at radius 1 is 1.11 bits per heavy atom. The Morgan fingerprint density at radius 3 is 2.17 bits per heavy atom. The molecule has 0 saturated heterocycles. The van der Waals surface area contributed by atoms with Crippen molar-refractivity contribution in [3.05, 3.63) is 30.3 Å². The summed E-state index contributed by atoms with van der Waals surface area (Å²) in [5, 5.41) is 3.49. The molecule has 0 radical (unpaired) electrons. The average molecular weight is 248 g/mol. The number of para-hydroxylation sites is 1. The van der Waals surface area contributed by atoms with E-state index < -0.39 is 0 Å². The Morgan fingerprint density at radius 2 is 1.67 bits per heavy atom. The summed E-state index contributed by atoms with van der Waals surface area (Å²) in [6.45, 7) is 12.4. The van der Waals surface area contributed by atoms with Crippen LogP contribution in [-0.2, 0) is 0 Å². The molecule has 1 N–H and O–H groups in total. The fourth-order valence-corrected chi connectivity index (χ4v) is 1.96. The molecule has 1 aromatic carbocycles. The molecule has 0 aliphatic rings. The van der Waals surface area contributed by atoms with E-state index in [0.717, 1.165) is 6.54 Å². The third-order valence-corrected chi connectivity index (χ3v) is 3.93. The number of benzene rings is 1. The van der Waals surface area contributed by atoms with E-state index in [1.807, 2.05) is 6.07 Å². The van der Waals surface area contributed by atoms with Crippen molar-refractivity contribution in [2.45, 2.75) is 46.7 Å². The SMILES string of the molecule is CC(CNc1ccccc1)N(C)C(C)C(C)(C)C. The molecule has 0 aliphatic heterocycles. The van der Waals surface area contributed by atoms with Gasteiger partial charge in [-0.25, -0.2) is 0 Å². The van der Waals surface area contributed by atoms with Crippen LogP contribution in [0.3, 0.4) is 0 Å². The zero-order chi connectivity index (χ0) is 13.8. The number of anilines is 1. The first kappa shape index (κ1) is 15.0. The summed E-state index contributed by atoms with van der Waals surface area (Å²) in [6.07, 6.45) is 0. The highest BCUT2D eigenvalue weighted by Gasteiger charge is 2.26. The second kappa shape index (κ2) is 6.24. The first-order chi connectivity index (χ1) is 8.32. The first-order valence-corrected chi connectivity index (χ1v) is 6.83. The normalized spacial score (nSPS) is 15.5. The number of nitrogens with one attached hydrogen (secondary N) is 1. The number of nitrogens with zero attached hydrogens (tertiary/aromatic N) is 1. The molecule has 0 heterocycles. The van der Waals surface area contributed by atoms with Gasteiger partial charge in [-0.05, 0) is 38.4 Å². The molecule has 2 atom stereocenters.